The summed E-state index contributed by atoms with van der Waals surface area (Å²) in [6.07, 6.45) is -6.90. The van der Waals surface area contributed by atoms with E-state index >= 15 is 0 Å². The van der Waals surface area contributed by atoms with Crippen molar-refractivity contribution in [1.29, 1.82) is 0 Å². The summed E-state index contributed by atoms with van der Waals surface area (Å²) in [5.41, 5.74) is 2.17. The third-order valence-electron chi connectivity index (χ3n) is 5.30. The Labute approximate surface area is 226 Å². The summed E-state index contributed by atoms with van der Waals surface area (Å²) in [5.74, 6) is -3.78. The van der Waals surface area contributed by atoms with Crippen LogP contribution in [0.1, 0.15) is 43.7 Å². The number of thiazole rings is 1. The van der Waals surface area contributed by atoms with Crippen molar-refractivity contribution in [2.75, 3.05) is 6.61 Å². The maximum absolute atomic E-state index is 12.6. The number of carbonyl (C=O) groups excluding carboxylic acids is 5. The Hall–Kier alpha value is -4.04. The minimum atomic E-state index is -1.48. The van der Waals surface area contributed by atoms with E-state index in [1.54, 1.807) is 10.9 Å². The maximum atomic E-state index is 12.6. The van der Waals surface area contributed by atoms with Crippen LogP contribution in [0.2, 0.25) is 0 Å². The third kappa shape index (κ3) is 8.22. The lowest BCUT2D eigenvalue weighted by Gasteiger charge is -2.43. The molecule has 1 aromatic carbocycles. The fourth-order valence-corrected chi connectivity index (χ4v) is 4.38. The lowest BCUT2D eigenvalue weighted by Crippen LogP contribution is -2.63. The molecule has 1 saturated heterocycles. The van der Waals surface area contributed by atoms with Gasteiger partial charge in [0, 0.05) is 39.1 Å². The molecule has 0 radical (unpaired) electrons. The van der Waals surface area contributed by atoms with Crippen LogP contribution in [0.15, 0.2) is 29.1 Å². The number of hydrogen-bond donors (Lipinski definition) is 1. The molecule has 5 atom stereocenters. The van der Waals surface area contributed by atoms with Crippen molar-refractivity contribution in [2.45, 2.75) is 64.8 Å². The normalized spacial score (nSPS) is 22.3. The van der Waals surface area contributed by atoms with Gasteiger partial charge < -0.3 is 33.5 Å². The number of nitrogens with zero attached hydrogens (tertiary/aromatic N) is 1. The molecule has 1 aromatic heterocycles. The highest BCUT2D eigenvalue weighted by molar-refractivity contribution is 7.07. The molecule has 1 aliphatic heterocycles. The summed E-state index contributed by atoms with van der Waals surface area (Å²) < 4.78 is 32.7. The van der Waals surface area contributed by atoms with Crippen molar-refractivity contribution >= 4 is 41.0 Å². The average molecular weight is 566 g/mol. The third-order valence-corrected chi connectivity index (χ3v) is 5.93. The van der Waals surface area contributed by atoms with Gasteiger partial charge >= 0.3 is 23.9 Å². The number of ketones is 1. The molecule has 1 aliphatic rings. The molecule has 1 fully saturated rings. The van der Waals surface area contributed by atoms with Crippen LogP contribution in [0.4, 0.5) is 0 Å². The van der Waals surface area contributed by atoms with Gasteiger partial charge in [0.25, 0.3) is 0 Å². The molecule has 14 heteroatoms. The van der Waals surface area contributed by atoms with Crippen molar-refractivity contribution in [3.05, 3.63) is 40.3 Å². The molecule has 3 rings (SSSR count). The summed E-state index contributed by atoms with van der Waals surface area (Å²) in [6, 6.07) is 3.87. The Morgan fingerprint density at radius 3 is 2.13 bits per heavy atom. The molecule has 1 N–H and O–H groups in total. The van der Waals surface area contributed by atoms with E-state index in [4.69, 9.17) is 28.4 Å². The Kier molecular flexibility index (Phi) is 9.95. The SMILES string of the molecule is CC(=O)OCC1OC(Oc2ccc(C(=O)Cc3cscn3)c(O)c2)C(OC(C)=O)C(OC(C)=O)C1OC(C)=O. The number of aromatic hydroxyl groups is 1. The van der Waals surface area contributed by atoms with Gasteiger partial charge in [0.1, 0.15) is 24.2 Å². The van der Waals surface area contributed by atoms with E-state index in [0.29, 0.717) is 5.69 Å². The summed E-state index contributed by atoms with van der Waals surface area (Å²) in [7, 11) is 0. The number of Topliss-reactive ketones (excluding diaryl/α,β-unsaturated/α-hetero) is 1. The number of carbonyl (C=O) groups is 5. The fraction of sp³-hybridized carbons (Fsp3) is 0.440. The van der Waals surface area contributed by atoms with Gasteiger partial charge in [-0.05, 0) is 12.1 Å². The first-order valence-corrected chi connectivity index (χ1v) is 12.6. The Bertz CT molecular complexity index is 1210. The van der Waals surface area contributed by atoms with Crippen molar-refractivity contribution in [1.82, 2.24) is 4.98 Å². The molecule has 0 spiro atoms. The van der Waals surface area contributed by atoms with Crippen LogP contribution >= 0.6 is 11.3 Å². The van der Waals surface area contributed by atoms with Crippen molar-refractivity contribution < 1.29 is 57.5 Å². The second-order valence-corrected chi connectivity index (χ2v) is 9.16. The van der Waals surface area contributed by atoms with Crippen LogP contribution in [-0.4, -0.2) is 77.1 Å². The summed E-state index contributed by atoms with van der Waals surface area (Å²) in [4.78, 5) is 63.8. The molecule has 2 aromatic rings. The fourth-order valence-electron chi connectivity index (χ4n) is 3.82. The van der Waals surface area contributed by atoms with Crippen molar-refractivity contribution in [2.24, 2.45) is 0 Å². The van der Waals surface area contributed by atoms with Gasteiger partial charge in [0.15, 0.2) is 18.0 Å². The Morgan fingerprint density at radius 1 is 0.923 bits per heavy atom. The number of rotatable bonds is 10. The number of ether oxygens (including phenoxy) is 6. The first-order chi connectivity index (χ1) is 18.4. The zero-order valence-corrected chi connectivity index (χ0v) is 22.3. The Balaban J connectivity index is 1.91. The number of benzene rings is 1. The predicted octanol–water partition coefficient (Wildman–Crippen LogP) is 1.74. The second-order valence-electron chi connectivity index (χ2n) is 8.44. The lowest BCUT2D eigenvalue weighted by molar-refractivity contribution is -0.288. The smallest absolute Gasteiger partial charge is 0.303 e. The minimum absolute atomic E-state index is 0.00129. The first-order valence-electron chi connectivity index (χ1n) is 11.6. The van der Waals surface area contributed by atoms with Crippen LogP contribution < -0.4 is 4.74 Å². The van der Waals surface area contributed by atoms with Crippen LogP contribution in [0.5, 0.6) is 11.5 Å². The molecule has 39 heavy (non-hydrogen) atoms. The largest absolute Gasteiger partial charge is 0.507 e. The standard InChI is InChI=1S/C25H27NO12S/c1-12(27)33-9-21-22(34-13(2)28)23(35-14(3)29)24(36-15(4)30)25(38-21)37-17-5-6-18(20(32)8-17)19(31)7-16-10-39-11-26-16/h5-6,8,10-11,21-25,32H,7,9H2,1-4H3. The van der Waals surface area contributed by atoms with Gasteiger partial charge in [-0.3, -0.25) is 24.0 Å². The molecule has 13 nitrogen and oxygen atoms in total. The topological polar surface area (TPSA) is 174 Å². The quantitative estimate of drug-likeness (QED) is 0.251. The molecule has 0 saturated carbocycles. The first kappa shape index (κ1) is 29.5. The predicted molar refractivity (Wildman–Crippen MR) is 131 cm³/mol. The van der Waals surface area contributed by atoms with Crippen molar-refractivity contribution in [3.63, 3.8) is 0 Å². The van der Waals surface area contributed by atoms with E-state index in [1.165, 1.54) is 23.5 Å². The summed E-state index contributed by atoms with van der Waals surface area (Å²) in [5, 5.41) is 12.2. The van der Waals surface area contributed by atoms with E-state index in [-0.39, 0.29) is 23.5 Å². The van der Waals surface area contributed by atoms with Crippen LogP contribution in [0.3, 0.4) is 0 Å². The Morgan fingerprint density at radius 2 is 1.56 bits per heavy atom. The zero-order chi connectivity index (χ0) is 28.7. The molecule has 210 valence electrons. The number of aromatic nitrogens is 1. The van der Waals surface area contributed by atoms with Crippen LogP contribution in [0.25, 0.3) is 0 Å². The highest BCUT2D eigenvalue weighted by Gasteiger charge is 2.53. The van der Waals surface area contributed by atoms with E-state index < -0.39 is 66.9 Å². The number of esters is 4. The van der Waals surface area contributed by atoms with Crippen LogP contribution in [-0.2, 0) is 49.3 Å². The van der Waals surface area contributed by atoms with Crippen LogP contribution in [0, 0.1) is 0 Å². The van der Waals surface area contributed by atoms with E-state index in [9.17, 15) is 29.1 Å². The lowest BCUT2D eigenvalue weighted by atomic mass is 9.98. The van der Waals surface area contributed by atoms with Gasteiger partial charge in [-0.1, -0.05) is 0 Å². The number of hydrogen-bond acceptors (Lipinski definition) is 14. The molecule has 5 unspecified atom stereocenters. The highest BCUT2D eigenvalue weighted by atomic mass is 32.1. The maximum Gasteiger partial charge on any atom is 0.303 e. The highest BCUT2D eigenvalue weighted by Crippen LogP contribution is 2.32. The average Bonchev–Trinajstić information content (AvgIpc) is 3.33. The molecule has 0 bridgehead atoms. The molecule has 0 amide bonds. The minimum Gasteiger partial charge on any atom is -0.507 e. The van der Waals surface area contributed by atoms with Crippen molar-refractivity contribution in [3.8, 4) is 11.5 Å². The van der Waals surface area contributed by atoms with Gasteiger partial charge in [-0.25, -0.2) is 4.98 Å². The monoisotopic (exact) mass is 565 g/mol. The number of phenolic OH excluding ortho intramolecular Hbond substituents is 1. The van der Waals surface area contributed by atoms with E-state index in [0.717, 1.165) is 33.8 Å². The van der Waals surface area contributed by atoms with E-state index in [2.05, 4.69) is 4.98 Å². The molecule has 0 aliphatic carbocycles. The second kappa shape index (κ2) is 13.2. The molecular formula is C25H27NO12S. The van der Waals surface area contributed by atoms with Gasteiger partial charge in [-0.15, -0.1) is 11.3 Å². The molecular weight excluding hydrogens is 538 g/mol. The number of phenols is 1. The summed E-state index contributed by atoms with van der Waals surface area (Å²) >= 11 is 1.34. The summed E-state index contributed by atoms with van der Waals surface area (Å²) in [6.45, 7) is 4.04. The van der Waals surface area contributed by atoms with E-state index in [1.807, 2.05) is 0 Å². The van der Waals surface area contributed by atoms with Gasteiger partial charge in [-0.2, -0.15) is 0 Å². The zero-order valence-electron chi connectivity index (χ0n) is 21.5. The van der Waals surface area contributed by atoms with Gasteiger partial charge in [0.2, 0.25) is 12.4 Å². The van der Waals surface area contributed by atoms with Gasteiger partial charge in [0.05, 0.1) is 23.2 Å². The molecule has 2 heterocycles.